The maximum atomic E-state index is 12.0. The van der Waals surface area contributed by atoms with Crippen LogP contribution in [0.4, 0.5) is 0 Å². The molecule has 1 amide bonds. The molecule has 0 radical (unpaired) electrons. The van der Waals surface area contributed by atoms with E-state index in [0.29, 0.717) is 6.42 Å². The quantitative estimate of drug-likeness (QED) is 0.873. The third-order valence-corrected chi connectivity index (χ3v) is 4.17. The van der Waals surface area contributed by atoms with E-state index in [2.05, 4.69) is 19.8 Å². The highest BCUT2D eigenvalue weighted by atomic mass is 16.1. The van der Waals surface area contributed by atoms with Crippen LogP contribution < -0.4 is 5.32 Å². The summed E-state index contributed by atoms with van der Waals surface area (Å²) in [6.07, 6.45) is 8.93. The van der Waals surface area contributed by atoms with E-state index in [0.717, 1.165) is 44.8 Å². The van der Waals surface area contributed by atoms with Gasteiger partial charge in [-0.25, -0.2) is 4.98 Å². The fourth-order valence-corrected chi connectivity index (χ4v) is 3.04. The number of carbonyl (C=O) groups excluding carboxylic acids is 1. The van der Waals surface area contributed by atoms with Gasteiger partial charge in [0.2, 0.25) is 5.91 Å². The Morgan fingerprint density at radius 3 is 3.05 bits per heavy atom. The Morgan fingerprint density at radius 1 is 1.37 bits per heavy atom. The van der Waals surface area contributed by atoms with Crippen molar-refractivity contribution < 1.29 is 4.79 Å². The molecule has 1 aromatic heterocycles. The van der Waals surface area contributed by atoms with Gasteiger partial charge in [0.05, 0.1) is 0 Å². The molecule has 1 N–H and O–H groups in total. The van der Waals surface area contributed by atoms with E-state index >= 15 is 0 Å². The lowest BCUT2D eigenvalue weighted by Crippen LogP contribution is -2.41. The first-order chi connectivity index (χ1) is 9.31. The van der Waals surface area contributed by atoms with E-state index < -0.39 is 0 Å². The lowest BCUT2D eigenvalue weighted by atomic mass is 10.1. The van der Waals surface area contributed by atoms with E-state index in [1.165, 1.54) is 12.8 Å². The molecule has 0 spiro atoms. The summed E-state index contributed by atoms with van der Waals surface area (Å²) in [5.41, 5.74) is 0. The van der Waals surface area contributed by atoms with Crippen molar-refractivity contribution in [1.29, 1.82) is 0 Å². The van der Waals surface area contributed by atoms with Crippen molar-refractivity contribution in [3.63, 3.8) is 0 Å². The molecule has 0 aliphatic carbocycles. The number of rotatable bonds is 4. The fraction of sp³-hybridized carbons (Fsp3) is 0.714. The smallest absolute Gasteiger partial charge is 0.221 e. The highest BCUT2D eigenvalue weighted by Crippen LogP contribution is 2.13. The Hall–Kier alpha value is -1.36. The molecule has 5 heteroatoms. The highest BCUT2D eigenvalue weighted by Gasteiger charge is 2.21. The zero-order valence-corrected chi connectivity index (χ0v) is 11.3. The van der Waals surface area contributed by atoms with Crippen LogP contribution in [0.3, 0.4) is 0 Å². The van der Waals surface area contributed by atoms with Crippen LogP contribution >= 0.6 is 0 Å². The zero-order chi connectivity index (χ0) is 13.1. The molecule has 19 heavy (non-hydrogen) atoms. The van der Waals surface area contributed by atoms with Crippen LogP contribution in [0.25, 0.3) is 0 Å². The van der Waals surface area contributed by atoms with E-state index in [-0.39, 0.29) is 11.9 Å². The van der Waals surface area contributed by atoms with Crippen molar-refractivity contribution in [3.8, 4) is 0 Å². The number of likely N-dealkylation sites (tertiary alicyclic amines) is 1. The maximum absolute atomic E-state index is 12.0. The molecule has 0 bridgehead atoms. The van der Waals surface area contributed by atoms with Crippen molar-refractivity contribution in [2.75, 3.05) is 19.6 Å². The summed E-state index contributed by atoms with van der Waals surface area (Å²) in [6, 6.07) is 0.265. The summed E-state index contributed by atoms with van der Waals surface area (Å²) in [7, 11) is 0. The van der Waals surface area contributed by atoms with Gasteiger partial charge in [-0.15, -0.1) is 0 Å². The van der Waals surface area contributed by atoms with Crippen molar-refractivity contribution in [2.24, 2.45) is 0 Å². The molecule has 0 saturated carbocycles. The Balaban J connectivity index is 1.42. The minimum absolute atomic E-state index is 0.192. The van der Waals surface area contributed by atoms with Crippen LogP contribution in [-0.2, 0) is 17.8 Å². The van der Waals surface area contributed by atoms with Crippen LogP contribution in [-0.4, -0.2) is 46.0 Å². The zero-order valence-electron chi connectivity index (χ0n) is 11.3. The standard InChI is InChI=1S/C14H22N4O/c19-14(4-8-17-6-1-2-7-17)16-12-3-9-18-10-5-15-13(18)11-12/h5,10,12H,1-4,6-9,11H2,(H,16,19). The third kappa shape index (κ3) is 3.15. The van der Waals surface area contributed by atoms with Gasteiger partial charge in [-0.1, -0.05) is 0 Å². The molecule has 0 aromatic carbocycles. The Labute approximate surface area is 114 Å². The van der Waals surface area contributed by atoms with Gasteiger partial charge in [0.25, 0.3) is 0 Å². The van der Waals surface area contributed by atoms with Gasteiger partial charge in [0.15, 0.2) is 0 Å². The van der Waals surface area contributed by atoms with Crippen molar-refractivity contribution >= 4 is 5.91 Å². The topological polar surface area (TPSA) is 50.2 Å². The van der Waals surface area contributed by atoms with E-state index in [9.17, 15) is 4.79 Å². The normalized spacial score (nSPS) is 23.3. The van der Waals surface area contributed by atoms with E-state index in [4.69, 9.17) is 0 Å². The molecule has 1 aromatic rings. The number of aryl methyl sites for hydroxylation is 1. The number of hydrogen-bond donors (Lipinski definition) is 1. The maximum Gasteiger partial charge on any atom is 0.221 e. The Morgan fingerprint density at radius 2 is 2.21 bits per heavy atom. The molecule has 1 saturated heterocycles. The first-order valence-electron chi connectivity index (χ1n) is 7.33. The summed E-state index contributed by atoms with van der Waals surface area (Å²) in [5, 5.41) is 3.15. The van der Waals surface area contributed by atoms with Gasteiger partial charge in [-0.05, 0) is 32.4 Å². The molecule has 3 rings (SSSR count). The average molecular weight is 262 g/mol. The van der Waals surface area contributed by atoms with E-state index in [1.54, 1.807) is 0 Å². The number of aromatic nitrogens is 2. The van der Waals surface area contributed by atoms with Crippen LogP contribution in [0.2, 0.25) is 0 Å². The number of amides is 1. The minimum atomic E-state index is 0.192. The van der Waals surface area contributed by atoms with Crippen LogP contribution in [0.1, 0.15) is 31.5 Å². The molecular formula is C14H22N4O. The summed E-state index contributed by atoms with van der Waals surface area (Å²) in [6.45, 7) is 4.20. The second kappa shape index (κ2) is 5.74. The Kier molecular flexibility index (Phi) is 3.82. The average Bonchev–Trinajstić information content (AvgIpc) is 3.07. The van der Waals surface area contributed by atoms with Gasteiger partial charge in [-0.3, -0.25) is 4.79 Å². The fourth-order valence-electron chi connectivity index (χ4n) is 3.04. The van der Waals surface area contributed by atoms with Crippen molar-refractivity contribution in [3.05, 3.63) is 18.2 Å². The summed E-state index contributed by atoms with van der Waals surface area (Å²) in [4.78, 5) is 18.7. The second-order valence-electron chi connectivity index (χ2n) is 5.59. The number of nitrogens with one attached hydrogen (secondary N) is 1. The van der Waals surface area contributed by atoms with Crippen molar-refractivity contribution in [2.45, 2.75) is 44.7 Å². The molecule has 5 nitrogen and oxygen atoms in total. The van der Waals surface area contributed by atoms with Crippen LogP contribution in [0.15, 0.2) is 12.4 Å². The predicted molar refractivity (Wildman–Crippen MR) is 72.8 cm³/mol. The minimum Gasteiger partial charge on any atom is -0.353 e. The Bertz CT molecular complexity index is 436. The number of fused-ring (bicyclic) bond motifs is 1. The molecule has 1 unspecified atom stereocenters. The number of carbonyl (C=O) groups is 1. The first-order valence-corrected chi connectivity index (χ1v) is 7.33. The number of nitrogens with zero attached hydrogens (tertiary/aromatic N) is 3. The van der Waals surface area contributed by atoms with Gasteiger partial charge in [0, 0.05) is 44.4 Å². The van der Waals surface area contributed by atoms with Crippen molar-refractivity contribution in [1.82, 2.24) is 19.8 Å². The molecule has 2 aliphatic heterocycles. The molecule has 1 fully saturated rings. The van der Waals surface area contributed by atoms with Gasteiger partial charge >= 0.3 is 0 Å². The molecule has 2 aliphatic rings. The second-order valence-corrected chi connectivity index (χ2v) is 5.59. The third-order valence-electron chi connectivity index (χ3n) is 4.17. The lowest BCUT2D eigenvalue weighted by Gasteiger charge is -2.24. The molecule has 104 valence electrons. The first kappa shape index (κ1) is 12.7. The van der Waals surface area contributed by atoms with E-state index in [1.807, 2.05) is 12.4 Å². The number of imidazole rings is 1. The predicted octanol–water partition coefficient (Wildman–Crippen LogP) is 0.800. The number of hydrogen-bond acceptors (Lipinski definition) is 3. The highest BCUT2D eigenvalue weighted by molar-refractivity contribution is 5.76. The molecule has 1 atom stereocenters. The summed E-state index contributed by atoms with van der Waals surface area (Å²) >= 11 is 0. The molecular weight excluding hydrogens is 240 g/mol. The monoisotopic (exact) mass is 262 g/mol. The summed E-state index contributed by atoms with van der Waals surface area (Å²) < 4.78 is 2.17. The summed E-state index contributed by atoms with van der Waals surface area (Å²) in [5.74, 6) is 1.29. The molecule has 3 heterocycles. The largest absolute Gasteiger partial charge is 0.353 e. The van der Waals surface area contributed by atoms with Gasteiger partial charge in [0.1, 0.15) is 5.82 Å². The lowest BCUT2D eigenvalue weighted by molar-refractivity contribution is -0.122. The van der Waals surface area contributed by atoms with Crippen LogP contribution in [0, 0.1) is 0 Å². The SMILES string of the molecule is O=C(CCN1CCCC1)NC1CCn2ccnc2C1. The van der Waals surface area contributed by atoms with Crippen LogP contribution in [0.5, 0.6) is 0 Å². The van der Waals surface area contributed by atoms with Gasteiger partial charge < -0.3 is 14.8 Å². The van der Waals surface area contributed by atoms with Gasteiger partial charge in [-0.2, -0.15) is 0 Å².